The van der Waals surface area contributed by atoms with Crippen molar-refractivity contribution in [3.63, 3.8) is 0 Å². The number of ketones is 1. The molecule has 1 aliphatic carbocycles. The van der Waals surface area contributed by atoms with E-state index in [0.29, 0.717) is 23.9 Å². The van der Waals surface area contributed by atoms with E-state index >= 15 is 0 Å². The van der Waals surface area contributed by atoms with Crippen LogP contribution in [0.5, 0.6) is 0 Å². The molecule has 1 aliphatic heterocycles. The Morgan fingerprint density at radius 3 is 2.45 bits per heavy atom. The van der Waals surface area contributed by atoms with Gasteiger partial charge in [-0.1, -0.05) is 59.2 Å². The molecular weight excluding hydrogens is 382 g/mol. The lowest BCUT2D eigenvalue weighted by molar-refractivity contribution is -0.141. The summed E-state index contributed by atoms with van der Waals surface area (Å²) >= 11 is 5.23. The first-order valence-corrected chi connectivity index (χ1v) is 11.9. The molecule has 0 radical (unpaired) electrons. The van der Waals surface area contributed by atoms with Crippen molar-refractivity contribution in [3.05, 3.63) is 0 Å². The fraction of sp³-hybridized carbons (Fsp3) is 0.870. The van der Waals surface area contributed by atoms with Gasteiger partial charge in [-0.3, -0.25) is 9.59 Å². The van der Waals surface area contributed by atoms with Crippen molar-refractivity contribution in [2.24, 2.45) is 23.0 Å². The number of amides is 1. The lowest BCUT2D eigenvalue weighted by Crippen LogP contribution is -2.57. The molecule has 166 valence electrons. The van der Waals surface area contributed by atoms with Gasteiger partial charge in [0.1, 0.15) is 6.04 Å². The molecule has 1 heterocycles. The Kier molecular flexibility index (Phi) is 9.08. The van der Waals surface area contributed by atoms with Crippen LogP contribution in [0.4, 0.5) is 0 Å². The van der Waals surface area contributed by atoms with Crippen LogP contribution in [0.25, 0.3) is 0 Å². The minimum Gasteiger partial charge on any atom is -0.367 e. The molecule has 1 saturated carbocycles. The standard InChI is InChI=1S/C23H41N3O2S/c1-5-6-8-16-13-17(14-16)10-11-19(27)18-9-7-12-26(18)22(28)21(23(2,3)4)25-20(29)15-24/h16-18,21H,5-15,24H2,1-4H3,(H,25,29)/t16-,17-,18?,21-/m1/s1. The van der Waals surface area contributed by atoms with Crippen LogP contribution in [0.1, 0.15) is 85.5 Å². The number of nitrogens with two attached hydrogens (primary N) is 1. The Balaban J connectivity index is 1.89. The molecule has 0 spiro atoms. The molecule has 2 aliphatic rings. The normalized spacial score (nSPS) is 25.4. The third-order valence-corrected chi connectivity index (χ3v) is 6.89. The van der Waals surface area contributed by atoms with E-state index in [4.69, 9.17) is 18.0 Å². The summed E-state index contributed by atoms with van der Waals surface area (Å²) < 4.78 is 0. The number of hydrogen-bond acceptors (Lipinski definition) is 4. The molecule has 0 aromatic rings. The number of unbranched alkanes of at least 4 members (excludes halogenated alkanes) is 1. The average Bonchev–Trinajstić information content (AvgIpc) is 3.12. The molecule has 1 saturated heterocycles. The number of likely N-dealkylation sites (tertiary alicyclic amines) is 1. The zero-order chi connectivity index (χ0) is 21.6. The van der Waals surface area contributed by atoms with Gasteiger partial charge in [-0.15, -0.1) is 0 Å². The third kappa shape index (κ3) is 6.74. The molecule has 2 fully saturated rings. The lowest BCUT2D eigenvalue weighted by atomic mass is 9.70. The fourth-order valence-electron chi connectivity index (χ4n) is 4.75. The molecule has 29 heavy (non-hydrogen) atoms. The lowest BCUT2D eigenvalue weighted by Gasteiger charge is -2.37. The summed E-state index contributed by atoms with van der Waals surface area (Å²) in [5.41, 5.74) is 5.32. The molecule has 1 unspecified atom stereocenters. The van der Waals surface area contributed by atoms with Gasteiger partial charge in [0.15, 0.2) is 5.78 Å². The summed E-state index contributed by atoms with van der Waals surface area (Å²) in [6.07, 6.45) is 9.78. The van der Waals surface area contributed by atoms with E-state index in [2.05, 4.69) is 12.2 Å². The van der Waals surface area contributed by atoms with Crippen LogP contribution < -0.4 is 11.1 Å². The number of carbonyl (C=O) groups excluding carboxylic acids is 2. The van der Waals surface area contributed by atoms with Crippen LogP contribution in [-0.2, 0) is 9.59 Å². The minimum absolute atomic E-state index is 0.0209. The van der Waals surface area contributed by atoms with Crippen molar-refractivity contribution in [2.75, 3.05) is 13.1 Å². The second kappa shape index (κ2) is 10.9. The highest BCUT2D eigenvalue weighted by atomic mass is 32.1. The van der Waals surface area contributed by atoms with Gasteiger partial charge in [0.2, 0.25) is 5.91 Å². The predicted octanol–water partition coefficient (Wildman–Crippen LogP) is 3.83. The summed E-state index contributed by atoms with van der Waals surface area (Å²) in [7, 11) is 0. The zero-order valence-corrected chi connectivity index (χ0v) is 19.7. The van der Waals surface area contributed by atoms with Crippen LogP contribution in [0.3, 0.4) is 0 Å². The second-order valence-corrected chi connectivity index (χ2v) is 10.6. The second-order valence-electron chi connectivity index (χ2n) is 10.1. The summed E-state index contributed by atoms with van der Waals surface area (Å²) in [6, 6.07) is -0.727. The van der Waals surface area contributed by atoms with Crippen LogP contribution >= 0.6 is 12.2 Å². The first kappa shape index (κ1) is 24.3. The Morgan fingerprint density at radius 1 is 1.21 bits per heavy atom. The first-order chi connectivity index (χ1) is 13.7. The molecule has 0 bridgehead atoms. The molecule has 1 amide bonds. The monoisotopic (exact) mass is 423 g/mol. The molecule has 6 heteroatoms. The maximum Gasteiger partial charge on any atom is 0.246 e. The molecular formula is C23H41N3O2S. The molecule has 3 N–H and O–H groups in total. The van der Waals surface area contributed by atoms with Crippen LogP contribution in [0.2, 0.25) is 0 Å². The smallest absolute Gasteiger partial charge is 0.246 e. The van der Waals surface area contributed by atoms with Gasteiger partial charge in [-0.25, -0.2) is 0 Å². The highest BCUT2D eigenvalue weighted by molar-refractivity contribution is 7.80. The Labute approximate surface area is 182 Å². The number of nitrogens with zero attached hydrogens (tertiary/aromatic N) is 1. The van der Waals surface area contributed by atoms with E-state index in [1.807, 2.05) is 20.8 Å². The average molecular weight is 424 g/mol. The quantitative estimate of drug-likeness (QED) is 0.522. The van der Waals surface area contributed by atoms with Crippen molar-refractivity contribution in [1.29, 1.82) is 0 Å². The number of carbonyl (C=O) groups is 2. The number of hydrogen-bond donors (Lipinski definition) is 2. The Bertz CT molecular complexity index is 581. The maximum atomic E-state index is 13.3. The van der Waals surface area contributed by atoms with Crippen molar-refractivity contribution in [1.82, 2.24) is 10.2 Å². The minimum atomic E-state index is -0.460. The largest absolute Gasteiger partial charge is 0.367 e. The Hall–Kier alpha value is -1.01. The summed E-state index contributed by atoms with van der Waals surface area (Å²) in [5, 5.41) is 3.14. The van der Waals surface area contributed by atoms with Gasteiger partial charge in [-0.2, -0.15) is 0 Å². The van der Waals surface area contributed by atoms with Crippen molar-refractivity contribution in [2.45, 2.75) is 97.6 Å². The van der Waals surface area contributed by atoms with E-state index in [1.54, 1.807) is 4.90 Å². The van der Waals surface area contributed by atoms with Gasteiger partial charge in [-0.05, 0) is 49.4 Å². The number of Topliss-reactive ketones (excluding diaryl/α,β-unsaturated/α-hetero) is 1. The van der Waals surface area contributed by atoms with E-state index in [1.165, 1.54) is 32.1 Å². The number of nitrogens with one attached hydrogen (secondary N) is 1. The predicted molar refractivity (Wildman–Crippen MR) is 123 cm³/mol. The van der Waals surface area contributed by atoms with Crippen molar-refractivity contribution >= 4 is 28.9 Å². The number of thiocarbonyl (C=S) groups is 1. The highest BCUT2D eigenvalue weighted by Gasteiger charge is 2.41. The maximum absolute atomic E-state index is 13.3. The highest BCUT2D eigenvalue weighted by Crippen LogP contribution is 2.40. The first-order valence-electron chi connectivity index (χ1n) is 11.5. The molecule has 5 nitrogen and oxygen atoms in total. The fourth-order valence-corrected chi connectivity index (χ4v) is 4.87. The molecule has 0 aromatic heterocycles. The van der Waals surface area contributed by atoms with Gasteiger partial charge in [0, 0.05) is 19.5 Å². The van der Waals surface area contributed by atoms with Crippen LogP contribution in [0.15, 0.2) is 0 Å². The van der Waals surface area contributed by atoms with E-state index < -0.39 is 6.04 Å². The topological polar surface area (TPSA) is 75.4 Å². The van der Waals surface area contributed by atoms with Crippen LogP contribution in [-0.4, -0.2) is 46.8 Å². The third-order valence-electron chi connectivity index (χ3n) is 6.61. The SMILES string of the molecule is CCCC[C@H]1C[C@H](CCC(=O)C2CCCN2C(=O)[C@@H](NC(=S)CN)C(C)(C)C)C1. The Morgan fingerprint density at radius 2 is 1.86 bits per heavy atom. The van der Waals surface area contributed by atoms with Gasteiger partial charge < -0.3 is 16.0 Å². The zero-order valence-electron chi connectivity index (χ0n) is 18.8. The molecule has 0 aromatic carbocycles. The van der Waals surface area contributed by atoms with Crippen LogP contribution in [0, 0.1) is 17.3 Å². The van der Waals surface area contributed by atoms with Crippen molar-refractivity contribution in [3.8, 4) is 0 Å². The molecule has 2 rings (SSSR count). The summed E-state index contributed by atoms with van der Waals surface area (Å²) in [4.78, 5) is 28.6. The van der Waals surface area contributed by atoms with E-state index in [0.717, 1.165) is 25.2 Å². The summed E-state index contributed by atoms with van der Waals surface area (Å²) in [5.74, 6) is 1.80. The molecule has 2 atom stereocenters. The number of rotatable bonds is 10. The summed E-state index contributed by atoms with van der Waals surface area (Å²) in [6.45, 7) is 9.16. The van der Waals surface area contributed by atoms with Gasteiger partial charge in [0.05, 0.1) is 11.0 Å². The van der Waals surface area contributed by atoms with E-state index in [-0.39, 0.29) is 29.7 Å². The van der Waals surface area contributed by atoms with Gasteiger partial charge >= 0.3 is 0 Å². The van der Waals surface area contributed by atoms with E-state index in [9.17, 15) is 9.59 Å². The van der Waals surface area contributed by atoms with Gasteiger partial charge in [0.25, 0.3) is 0 Å². The van der Waals surface area contributed by atoms with Crippen molar-refractivity contribution < 1.29 is 9.59 Å².